The molecular weight excluding hydrogens is 419 g/mol. The molecule has 21 heavy (non-hydrogen) atoms. The molecule has 7 heteroatoms. The van der Waals surface area contributed by atoms with Gasteiger partial charge in [0.15, 0.2) is 0 Å². The Morgan fingerprint density at radius 2 is 2.14 bits per heavy atom. The number of hydrogen-bond acceptors (Lipinski definition) is 3. The minimum absolute atomic E-state index is 0.0603. The van der Waals surface area contributed by atoms with Crippen molar-refractivity contribution < 1.29 is 0 Å². The molecule has 0 radical (unpaired) electrons. The van der Waals surface area contributed by atoms with Crippen molar-refractivity contribution in [3.63, 3.8) is 0 Å². The Labute approximate surface area is 146 Å². The predicted octanol–water partition coefficient (Wildman–Crippen LogP) is 4.06. The third-order valence-electron chi connectivity index (χ3n) is 3.42. The van der Waals surface area contributed by atoms with Gasteiger partial charge in [-0.05, 0) is 51.4 Å². The van der Waals surface area contributed by atoms with E-state index in [2.05, 4.69) is 54.2 Å². The minimum atomic E-state index is 0.0603. The average molecular weight is 437 g/mol. The Bertz CT molecular complexity index is 642. The zero-order valence-electron chi connectivity index (χ0n) is 12.1. The average Bonchev–Trinajstić information content (AvgIpc) is 2.72. The van der Waals surface area contributed by atoms with Gasteiger partial charge >= 0.3 is 0 Å². The van der Waals surface area contributed by atoms with Gasteiger partial charge in [-0.3, -0.25) is 9.67 Å². The topological polar surface area (TPSA) is 42.7 Å². The fourth-order valence-electron chi connectivity index (χ4n) is 2.25. The van der Waals surface area contributed by atoms with Crippen molar-refractivity contribution in [1.29, 1.82) is 0 Å². The highest BCUT2D eigenvalue weighted by Gasteiger charge is 2.21. The van der Waals surface area contributed by atoms with Crippen molar-refractivity contribution >= 4 is 43.5 Å². The zero-order chi connectivity index (χ0) is 15.6. The molecule has 0 aliphatic heterocycles. The van der Waals surface area contributed by atoms with Crippen molar-refractivity contribution in [2.24, 2.45) is 7.05 Å². The SMILES string of the molecule is CCc1nn(C)c(CC(NC)c2ncc(Br)cc2Br)c1Cl. The quantitative estimate of drug-likeness (QED) is 0.769. The van der Waals surface area contributed by atoms with Gasteiger partial charge in [-0.15, -0.1) is 0 Å². The highest BCUT2D eigenvalue weighted by atomic mass is 79.9. The van der Waals surface area contributed by atoms with Gasteiger partial charge in [0.05, 0.1) is 28.1 Å². The minimum Gasteiger partial charge on any atom is -0.311 e. The second-order valence-electron chi connectivity index (χ2n) is 4.75. The maximum absolute atomic E-state index is 6.43. The molecule has 4 nitrogen and oxygen atoms in total. The first kappa shape index (κ1) is 16.9. The van der Waals surface area contributed by atoms with Crippen LogP contribution in [0.3, 0.4) is 0 Å². The van der Waals surface area contributed by atoms with Crippen LogP contribution in [-0.4, -0.2) is 21.8 Å². The first-order valence-corrected chi connectivity index (χ1v) is 8.62. The maximum Gasteiger partial charge on any atom is 0.0850 e. The molecule has 114 valence electrons. The molecule has 0 amide bonds. The second kappa shape index (κ2) is 7.22. The fourth-order valence-corrected chi connectivity index (χ4v) is 3.89. The van der Waals surface area contributed by atoms with Gasteiger partial charge < -0.3 is 5.32 Å². The van der Waals surface area contributed by atoms with Gasteiger partial charge in [0.25, 0.3) is 0 Å². The summed E-state index contributed by atoms with van der Waals surface area (Å²) in [5.41, 5.74) is 2.91. The summed E-state index contributed by atoms with van der Waals surface area (Å²) < 4.78 is 3.77. The summed E-state index contributed by atoms with van der Waals surface area (Å²) in [6, 6.07) is 2.06. The van der Waals surface area contributed by atoms with Crippen LogP contribution in [0.4, 0.5) is 0 Å². The summed E-state index contributed by atoms with van der Waals surface area (Å²) in [7, 11) is 3.85. The molecule has 0 saturated carbocycles. The van der Waals surface area contributed by atoms with Gasteiger partial charge in [0.1, 0.15) is 0 Å². The molecule has 0 saturated heterocycles. The number of pyridine rings is 1. The number of rotatable bonds is 5. The zero-order valence-corrected chi connectivity index (χ0v) is 16.0. The molecule has 0 bridgehead atoms. The number of nitrogens with zero attached hydrogens (tertiary/aromatic N) is 3. The van der Waals surface area contributed by atoms with Crippen LogP contribution in [0.2, 0.25) is 5.02 Å². The van der Waals surface area contributed by atoms with Crippen LogP contribution in [0.1, 0.15) is 30.0 Å². The van der Waals surface area contributed by atoms with Gasteiger partial charge in [0.2, 0.25) is 0 Å². The molecule has 0 aliphatic carbocycles. The van der Waals surface area contributed by atoms with Crippen LogP contribution < -0.4 is 5.32 Å². The molecule has 2 rings (SSSR count). The highest BCUT2D eigenvalue weighted by Crippen LogP contribution is 2.29. The Balaban J connectivity index is 2.33. The van der Waals surface area contributed by atoms with Gasteiger partial charge in [-0.1, -0.05) is 18.5 Å². The number of likely N-dealkylation sites (N-methyl/N-ethyl adjacent to an activating group) is 1. The molecule has 1 N–H and O–H groups in total. The molecule has 0 aromatic carbocycles. The van der Waals surface area contributed by atoms with E-state index in [0.717, 1.165) is 43.9 Å². The van der Waals surface area contributed by atoms with Crippen LogP contribution in [0.5, 0.6) is 0 Å². The summed E-state index contributed by atoms with van der Waals surface area (Å²) in [5, 5.41) is 8.52. The monoisotopic (exact) mass is 434 g/mol. The Morgan fingerprint density at radius 1 is 1.43 bits per heavy atom. The van der Waals surface area contributed by atoms with E-state index in [1.54, 1.807) is 6.20 Å². The summed E-state index contributed by atoms with van der Waals surface area (Å²) in [4.78, 5) is 4.50. The fraction of sp³-hybridized carbons (Fsp3) is 0.429. The summed E-state index contributed by atoms with van der Waals surface area (Å²) >= 11 is 13.4. The van der Waals surface area contributed by atoms with Crippen LogP contribution in [0.25, 0.3) is 0 Å². The lowest BCUT2D eigenvalue weighted by Gasteiger charge is -2.17. The molecular formula is C14H17Br2ClN4. The predicted molar refractivity (Wildman–Crippen MR) is 92.7 cm³/mol. The molecule has 2 aromatic heterocycles. The Hall–Kier alpha value is -0.430. The van der Waals surface area contributed by atoms with Crippen LogP contribution in [-0.2, 0) is 19.9 Å². The lowest BCUT2D eigenvalue weighted by molar-refractivity contribution is 0.546. The van der Waals surface area contributed by atoms with Crippen molar-refractivity contribution in [3.8, 4) is 0 Å². The van der Waals surface area contributed by atoms with Gasteiger partial charge in [0, 0.05) is 28.6 Å². The van der Waals surface area contributed by atoms with E-state index in [1.165, 1.54) is 0 Å². The molecule has 2 aromatic rings. The smallest absolute Gasteiger partial charge is 0.0850 e. The normalized spacial score (nSPS) is 12.7. The third kappa shape index (κ3) is 3.67. The largest absolute Gasteiger partial charge is 0.311 e. The number of aryl methyl sites for hydroxylation is 2. The van der Waals surface area contributed by atoms with Gasteiger partial charge in [-0.2, -0.15) is 5.10 Å². The molecule has 0 spiro atoms. The number of nitrogens with one attached hydrogen (secondary N) is 1. The summed E-state index contributed by atoms with van der Waals surface area (Å²) in [5.74, 6) is 0. The molecule has 1 unspecified atom stereocenters. The standard InChI is InChI=1S/C14H17Br2ClN4/c1-4-10-13(17)12(21(3)20-10)6-11(18-2)14-9(16)5-8(15)7-19-14/h5,7,11,18H,4,6H2,1-3H3. The summed E-state index contributed by atoms with van der Waals surface area (Å²) in [6.07, 6.45) is 3.36. The van der Waals surface area contributed by atoms with Crippen LogP contribution in [0, 0.1) is 0 Å². The number of aromatic nitrogens is 3. The Morgan fingerprint density at radius 3 is 2.67 bits per heavy atom. The van der Waals surface area contributed by atoms with Crippen molar-refractivity contribution in [2.75, 3.05) is 7.05 Å². The lowest BCUT2D eigenvalue weighted by atomic mass is 10.1. The molecule has 0 fully saturated rings. The van der Waals surface area contributed by atoms with Crippen molar-refractivity contribution in [1.82, 2.24) is 20.1 Å². The van der Waals surface area contributed by atoms with E-state index in [4.69, 9.17) is 11.6 Å². The van der Waals surface area contributed by atoms with E-state index in [-0.39, 0.29) is 6.04 Å². The van der Waals surface area contributed by atoms with E-state index < -0.39 is 0 Å². The van der Waals surface area contributed by atoms with Crippen molar-refractivity contribution in [3.05, 3.63) is 43.3 Å². The maximum atomic E-state index is 6.43. The van der Waals surface area contributed by atoms with Crippen molar-refractivity contribution in [2.45, 2.75) is 25.8 Å². The van der Waals surface area contributed by atoms with E-state index in [1.807, 2.05) is 24.8 Å². The van der Waals surface area contributed by atoms with Crippen LogP contribution >= 0.6 is 43.5 Å². The molecule has 2 heterocycles. The van der Waals surface area contributed by atoms with E-state index >= 15 is 0 Å². The first-order chi connectivity index (χ1) is 9.97. The lowest BCUT2D eigenvalue weighted by Crippen LogP contribution is -2.22. The Kier molecular flexibility index (Phi) is 5.82. The van der Waals surface area contributed by atoms with E-state index in [9.17, 15) is 0 Å². The summed E-state index contributed by atoms with van der Waals surface area (Å²) in [6.45, 7) is 2.06. The third-order valence-corrected chi connectivity index (χ3v) is 4.92. The highest BCUT2D eigenvalue weighted by molar-refractivity contribution is 9.11. The number of halogens is 3. The van der Waals surface area contributed by atoms with E-state index in [0.29, 0.717) is 0 Å². The second-order valence-corrected chi connectivity index (χ2v) is 6.90. The molecule has 0 aliphatic rings. The molecule has 1 atom stereocenters. The van der Waals surface area contributed by atoms with Crippen LogP contribution in [0.15, 0.2) is 21.2 Å². The number of hydrogen-bond donors (Lipinski definition) is 1. The van der Waals surface area contributed by atoms with Gasteiger partial charge in [-0.25, -0.2) is 0 Å². The first-order valence-electron chi connectivity index (χ1n) is 6.66.